The molecular weight excluding hydrogens is 431 g/mol. The molecule has 7 heteroatoms. The zero-order valence-corrected chi connectivity index (χ0v) is 19.0. The molecule has 3 atom stereocenters. The minimum absolute atomic E-state index is 0.0354. The number of hydrogen-bond acceptors (Lipinski definition) is 4. The van der Waals surface area contributed by atoms with Gasteiger partial charge in [-0.25, -0.2) is 0 Å². The minimum atomic E-state index is -4.37. The van der Waals surface area contributed by atoms with E-state index in [0.717, 1.165) is 49.1 Å². The van der Waals surface area contributed by atoms with Crippen LogP contribution in [0, 0.1) is 0 Å². The first-order chi connectivity index (χ1) is 15.8. The first-order valence-electron chi connectivity index (χ1n) is 11.6. The lowest BCUT2D eigenvalue weighted by molar-refractivity contribution is -0.145. The van der Waals surface area contributed by atoms with Gasteiger partial charge in [-0.05, 0) is 68.0 Å². The van der Waals surface area contributed by atoms with Crippen LogP contribution in [0.15, 0.2) is 48.5 Å². The van der Waals surface area contributed by atoms with Crippen molar-refractivity contribution in [2.75, 3.05) is 13.7 Å². The molecule has 1 unspecified atom stereocenters. The standard InChI is InChI=1S/C26H30F3NO3/c1-3-33-25(31)16-24-22(17-4-8-19(9-5-17)26(27,28)29)14-15-23(30(24)20-10-11-20)18-6-12-21(32-2)13-7-18/h4-9,12-13,20,22-24H,3,10-11,14-16H2,1-2H3/t22?,23-,24-/m1/s1. The summed E-state index contributed by atoms with van der Waals surface area (Å²) >= 11 is 0. The summed E-state index contributed by atoms with van der Waals surface area (Å²) in [5, 5.41) is 0. The van der Waals surface area contributed by atoms with Gasteiger partial charge in [0.05, 0.1) is 25.7 Å². The Kier molecular flexibility index (Phi) is 6.98. The summed E-state index contributed by atoms with van der Waals surface area (Å²) in [4.78, 5) is 15.0. The number of nitrogens with zero attached hydrogens (tertiary/aromatic N) is 1. The zero-order chi connectivity index (χ0) is 23.6. The first kappa shape index (κ1) is 23.6. The molecule has 33 heavy (non-hydrogen) atoms. The van der Waals surface area contributed by atoms with Crippen LogP contribution in [-0.2, 0) is 15.7 Å². The molecule has 1 saturated carbocycles. The van der Waals surface area contributed by atoms with Crippen molar-refractivity contribution in [2.24, 2.45) is 0 Å². The van der Waals surface area contributed by atoms with E-state index in [-0.39, 0.29) is 30.4 Å². The Bertz CT molecular complexity index is 939. The van der Waals surface area contributed by atoms with E-state index in [4.69, 9.17) is 9.47 Å². The molecule has 1 heterocycles. The van der Waals surface area contributed by atoms with Gasteiger partial charge >= 0.3 is 12.1 Å². The summed E-state index contributed by atoms with van der Waals surface area (Å²) in [5.74, 6) is 0.491. The zero-order valence-electron chi connectivity index (χ0n) is 19.0. The molecule has 2 aliphatic rings. The summed E-state index contributed by atoms with van der Waals surface area (Å²) in [5.41, 5.74) is 1.36. The maximum absolute atomic E-state index is 13.1. The number of methoxy groups -OCH3 is 1. The van der Waals surface area contributed by atoms with Crippen molar-refractivity contribution in [1.29, 1.82) is 0 Å². The number of carbonyl (C=O) groups excluding carboxylic acids is 1. The summed E-state index contributed by atoms with van der Waals surface area (Å²) in [7, 11) is 1.64. The number of carbonyl (C=O) groups is 1. The quantitative estimate of drug-likeness (QED) is 0.466. The fourth-order valence-electron chi connectivity index (χ4n) is 5.13. The van der Waals surface area contributed by atoms with Crippen molar-refractivity contribution >= 4 is 5.97 Å². The second-order valence-corrected chi connectivity index (χ2v) is 8.85. The molecule has 1 saturated heterocycles. The van der Waals surface area contributed by atoms with E-state index in [1.54, 1.807) is 26.2 Å². The highest BCUT2D eigenvalue weighted by Gasteiger charge is 2.46. The maximum atomic E-state index is 13.1. The van der Waals surface area contributed by atoms with Crippen LogP contribution >= 0.6 is 0 Å². The number of rotatable bonds is 7. The lowest BCUT2D eigenvalue weighted by Gasteiger charge is -2.47. The third kappa shape index (κ3) is 5.35. The van der Waals surface area contributed by atoms with Crippen LogP contribution in [0.25, 0.3) is 0 Å². The molecule has 0 spiro atoms. The average Bonchev–Trinajstić information content (AvgIpc) is 3.64. The first-order valence-corrected chi connectivity index (χ1v) is 11.6. The van der Waals surface area contributed by atoms with E-state index in [2.05, 4.69) is 17.0 Å². The van der Waals surface area contributed by atoms with Crippen LogP contribution in [0.3, 0.4) is 0 Å². The molecule has 2 aromatic carbocycles. The van der Waals surface area contributed by atoms with Gasteiger partial charge in [0.15, 0.2) is 0 Å². The van der Waals surface area contributed by atoms with Gasteiger partial charge in [-0.3, -0.25) is 9.69 Å². The van der Waals surface area contributed by atoms with Gasteiger partial charge in [0.25, 0.3) is 0 Å². The van der Waals surface area contributed by atoms with Gasteiger partial charge in [-0.15, -0.1) is 0 Å². The number of piperidine rings is 1. The fraction of sp³-hybridized carbons (Fsp3) is 0.500. The predicted octanol–water partition coefficient (Wildman–Crippen LogP) is 6.12. The normalized spacial score (nSPS) is 23.8. The minimum Gasteiger partial charge on any atom is -0.497 e. The van der Waals surface area contributed by atoms with E-state index in [0.29, 0.717) is 12.6 Å². The van der Waals surface area contributed by atoms with Gasteiger partial charge in [0.1, 0.15) is 5.75 Å². The summed E-state index contributed by atoms with van der Waals surface area (Å²) < 4.78 is 49.8. The molecule has 0 N–H and O–H groups in total. The van der Waals surface area contributed by atoms with E-state index >= 15 is 0 Å². The summed E-state index contributed by atoms with van der Waals surface area (Å²) in [6.07, 6.45) is -0.363. The topological polar surface area (TPSA) is 38.8 Å². The Labute approximate surface area is 192 Å². The molecule has 0 aromatic heterocycles. The molecule has 4 nitrogen and oxygen atoms in total. The van der Waals surface area contributed by atoms with E-state index in [1.807, 2.05) is 12.1 Å². The monoisotopic (exact) mass is 461 g/mol. The number of alkyl halides is 3. The SMILES string of the molecule is CCOC(=O)C[C@@H]1C(c2ccc(C(F)(F)F)cc2)CC[C@H](c2ccc(OC)cc2)N1C1CC1. The molecule has 0 bridgehead atoms. The van der Waals surface area contributed by atoms with Crippen molar-refractivity contribution < 1.29 is 27.4 Å². The third-order valence-electron chi connectivity index (χ3n) is 6.77. The lowest BCUT2D eigenvalue weighted by atomic mass is 9.77. The van der Waals surface area contributed by atoms with Gasteiger partial charge in [0, 0.05) is 24.0 Å². The van der Waals surface area contributed by atoms with Gasteiger partial charge < -0.3 is 9.47 Å². The Morgan fingerprint density at radius 1 is 0.970 bits per heavy atom. The van der Waals surface area contributed by atoms with Crippen LogP contribution in [0.5, 0.6) is 5.75 Å². The second kappa shape index (κ2) is 9.75. The molecule has 1 aliphatic heterocycles. The van der Waals surface area contributed by atoms with E-state index in [1.165, 1.54) is 5.56 Å². The number of halogens is 3. The van der Waals surface area contributed by atoms with Crippen molar-refractivity contribution in [3.8, 4) is 5.75 Å². The van der Waals surface area contributed by atoms with Crippen LogP contribution < -0.4 is 4.74 Å². The lowest BCUT2D eigenvalue weighted by Crippen LogP contribution is -2.48. The van der Waals surface area contributed by atoms with Crippen LogP contribution in [0.2, 0.25) is 0 Å². The number of esters is 1. The van der Waals surface area contributed by atoms with Gasteiger partial charge in [-0.2, -0.15) is 13.2 Å². The molecule has 2 fully saturated rings. The third-order valence-corrected chi connectivity index (χ3v) is 6.77. The van der Waals surface area contributed by atoms with Crippen LogP contribution in [-0.4, -0.2) is 36.7 Å². The molecule has 4 rings (SSSR count). The van der Waals surface area contributed by atoms with Crippen molar-refractivity contribution in [3.63, 3.8) is 0 Å². The Balaban J connectivity index is 1.66. The van der Waals surface area contributed by atoms with E-state index in [9.17, 15) is 18.0 Å². The average molecular weight is 462 g/mol. The number of benzene rings is 2. The molecule has 0 radical (unpaired) electrons. The number of hydrogen-bond donors (Lipinski definition) is 0. The highest BCUT2D eigenvalue weighted by molar-refractivity contribution is 5.70. The molecular formula is C26H30F3NO3. The maximum Gasteiger partial charge on any atom is 0.416 e. The highest BCUT2D eigenvalue weighted by atomic mass is 19.4. The molecule has 2 aromatic rings. The van der Waals surface area contributed by atoms with Crippen LogP contribution in [0.1, 0.15) is 67.7 Å². The molecule has 178 valence electrons. The van der Waals surface area contributed by atoms with E-state index < -0.39 is 11.7 Å². The molecule has 1 aliphatic carbocycles. The van der Waals surface area contributed by atoms with Gasteiger partial charge in [-0.1, -0.05) is 24.3 Å². The summed E-state index contributed by atoms with van der Waals surface area (Å²) in [6, 6.07) is 13.9. The summed E-state index contributed by atoms with van der Waals surface area (Å²) in [6.45, 7) is 2.09. The van der Waals surface area contributed by atoms with Crippen molar-refractivity contribution in [1.82, 2.24) is 4.90 Å². The Morgan fingerprint density at radius 3 is 2.15 bits per heavy atom. The number of ether oxygens (including phenoxy) is 2. The smallest absolute Gasteiger partial charge is 0.416 e. The highest BCUT2D eigenvalue weighted by Crippen LogP contribution is 2.49. The Morgan fingerprint density at radius 2 is 1.61 bits per heavy atom. The Hall–Kier alpha value is -2.54. The van der Waals surface area contributed by atoms with Gasteiger partial charge in [0.2, 0.25) is 0 Å². The largest absolute Gasteiger partial charge is 0.497 e. The predicted molar refractivity (Wildman–Crippen MR) is 119 cm³/mol. The van der Waals surface area contributed by atoms with Crippen molar-refractivity contribution in [2.45, 2.75) is 69.2 Å². The number of likely N-dealkylation sites (tertiary alicyclic amines) is 1. The second-order valence-electron chi connectivity index (χ2n) is 8.85. The fourth-order valence-corrected chi connectivity index (χ4v) is 5.13. The molecule has 0 amide bonds. The van der Waals surface area contributed by atoms with Crippen LogP contribution in [0.4, 0.5) is 13.2 Å². The van der Waals surface area contributed by atoms with Crippen molar-refractivity contribution in [3.05, 3.63) is 65.2 Å².